The molecule has 4 aromatic rings. The van der Waals surface area contributed by atoms with Gasteiger partial charge in [0.15, 0.2) is 5.11 Å². The Labute approximate surface area is 200 Å². The first-order valence-electron chi connectivity index (χ1n) is 9.87. The summed E-state index contributed by atoms with van der Waals surface area (Å²) in [4.78, 5) is 6.39. The molecule has 2 unspecified atom stereocenters. The van der Waals surface area contributed by atoms with E-state index < -0.39 is 0 Å². The molecule has 0 bridgehead atoms. The van der Waals surface area contributed by atoms with Gasteiger partial charge in [-0.05, 0) is 66.8 Å². The van der Waals surface area contributed by atoms with Crippen molar-refractivity contribution in [2.24, 2.45) is 0 Å². The lowest BCUT2D eigenvalue weighted by Crippen LogP contribution is -2.29. The van der Waals surface area contributed by atoms with Crippen LogP contribution in [0.1, 0.15) is 23.5 Å². The highest BCUT2D eigenvalue weighted by Crippen LogP contribution is 2.45. The van der Waals surface area contributed by atoms with Gasteiger partial charge in [-0.15, -0.1) is 0 Å². The van der Waals surface area contributed by atoms with E-state index >= 15 is 0 Å². The second kappa shape index (κ2) is 8.47. The number of para-hydroxylation sites is 2. The van der Waals surface area contributed by atoms with Gasteiger partial charge in [-0.1, -0.05) is 41.4 Å². The van der Waals surface area contributed by atoms with E-state index in [1.807, 2.05) is 53.4 Å². The molecule has 0 radical (unpaired) electrons. The van der Waals surface area contributed by atoms with E-state index in [0.29, 0.717) is 32.4 Å². The van der Waals surface area contributed by atoms with Gasteiger partial charge in [0.05, 0.1) is 27.5 Å². The summed E-state index contributed by atoms with van der Waals surface area (Å²) >= 11 is 17.9. The molecule has 0 aliphatic carbocycles. The molecule has 0 spiro atoms. The van der Waals surface area contributed by atoms with Crippen molar-refractivity contribution in [3.8, 4) is 17.1 Å². The Bertz CT molecular complexity index is 1300. The van der Waals surface area contributed by atoms with E-state index in [1.165, 1.54) is 0 Å². The largest absolute Gasteiger partial charge is 0.506 e. The summed E-state index contributed by atoms with van der Waals surface area (Å²) in [5, 5.41) is 15.3. The van der Waals surface area contributed by atoms with Gasteiger partial charge in [0.1, 0.15) is 23.3 Å². The highest BCUT2D eigenvalue weighted by molar-refractivity contribution is 7.80. The van der Waals surface area contributed by atoms with Crippen LogP contribution in [0.25, 0.3) is 11.3 Å². The summed E-state index contributed by atoms with van der Waals surface area (Å²) in [6.45, 7) is 0. The molecular weight excluding hydrogens is 465 g/mol. The molecule has 1 aliphatic heterocycles. The van der Waals surface area contributed by atoms with Gasteiger partial charge in [0, 0.05) is 11.8 Å². The van der Waals surface area contributed by atoms with Crippen LogP contribution in [-0.2, 0) is 0 Å². The topological polar surface area (TPSA) is 61.5 Å². The fourth-order valence-electron chi connectivity index (χ4n) is 3.89. The smallest absolute Gasteiger partial charge is 0.174 e. The summed E-state index contributed by atoms with van der Waals surface area (Å²) < 4.78 is 6.29. The van der Waals surface area contributed by atoms with Crippen LogP contribution in [0.3, 0.4) is 0 Å². The predicted molar refractivity (Wildman–Crippen MR) is 130 cm³/mol. The number of pyridine rings is 1. The van der Waals surface area contributed by atoms with E-state index in [2.05, 4.69) is 10.3 Å². The Morgan fingerprint density at radius 1 is 0.969 bits per heavy atom. The molecule has 32 heavy (non-hydrogen) atoms. The molecule has 3 heterocycles. The third kappa shape index (κ3) is 3.71. The minimum Gasteiger partial charge on any atom is -0.506 e. The normalized spacial score (nSPS) is 18.1. The third-order valence-electron chi connectivity index (χ3n) is 5.36. The molecular formula is C24H17Cl2N3O2S. The number of furan rings is 1. The maximum absolute atomic E-state index is 10.5. The van der Waals surface area contributed by atoms with Gasteiger partial charge < -0.3 is 19.7 Å². The zero-order chi connectivity index (χ0) is 22.2. The number of benzene rings is 2. The zero-order valence-electron chi connectivity index (χ0n) is 16.6. The number of rotatable bonds is 4. The van der Waals surface area contributed by atoms with Gasteiger partial charge in [0.25, 0.3) is 0 Å². The van der Waals surface area contributed by atoms with Crippen molar-refractivity contribution in [3.05, 3.63) is 100 Å². The number of hydrogen-bond acceptors (Lipinski definition) is 4. The highest BCUT2D eigenvalue weighted by Gasteiger charge is 2.43. The number of phenolic OH excluding ortho intramolecular Hbond substituents is 1. The van der Waals surface area contributed by atoms with E-state index in [-0.39, 0.29) is 17.8 Å². The highest BCUT2D eigenvalue weighted by atomic mass is 35.5. The molecule has 8 heteroatoms. The van der Waals surface area contributed by atoms with E-state index in [9.17, 15) is 5.11 Å². The average Bonchev–Trinajstić information content (AvgIpc) is 3.41. The van der Waals surface area contributed by atoms with Crippen LogP contribution >= 0.6 is 35.4 Å². The SMILES string of the molecule is Oc1ccccc1N1C(=S)NC(c2ccccn2)C1c1ccc(-c2ccc(Cl)c(Cl)c2)o1. The summed E-state index contributed by atoms with van der Waals surface area (Å²) in [5.74, 6) is 1.44. The lowest BCUT2D eigenvalue weighted by molar-refractivity contribution is 0.434. The number of hydrogen-bond donors (Lipinski definition) is 2. The number of nitrogens with one attached hydrogen (secondary N) is 1. The number of thiocarbonyl (C=S) groups is 1. The second-order valence-corrected chi connectivity index (χ2v) is 8.52. The first kappa shape index (κ1) is 20.8. The number of halogens is 2. The van der Waals surface area contributed by atoms with Crippen LogP contribution in [0.4, 0.5) is 5.69 Å². The lowest BCUT2D eigenvalue weighted by Gasteiger charge is -2.26. The fraction of sp³-hybridized carbons (Fsp3) is 0.0833. The Balaban J connectivity index is 1.61. The number of nitrogens with zero attached hydrogens (tertiary/aromatic N) is 2. The van der Waals surface area contributed by atoms with Crippen LogP contribution in [0.5, 0.6) is 5.75 Å². The molecule has 2 N–H and O–H groups in total. The second-order valence-electron chi connectivity index (χ2n) is 7.32. The molecule has 160 valence electrons. The molecule has 0 amide bonds. The lowest BCUT2D eigenvalue weighted by atomic mass is 10.0. The van der Waals surface area contributed by atoms with Crippen molar-refractivity contribution in [2.75, 3.05) is 4.90 Å². The number of phenols is 1. The molecule has 2 atom stereocenters. The molecule has 1 saturated heterocycles. The summed E-state index contributed by atoms with van der Waals surface area (Å²) in [6, 6.07) is 21.3. The number of aromatic hydroxyl groups is 1. The van der Waals surface area contributed by atoms with Crippen molar-refractivity contribution in [1.29, 1.82) is 0 Å². The number of anilines is 1. The average molecular weight is 482 g/mol. The Hall–Kier alpha value is -3.06. The first-order chi connectivity index (χ1) is 15.5. The molecule has 1 fully saturated rings. The standard InChI is InChI=1S/C24H17Cl2N3O2S/c25-15-9-8-14(13-16(15)26)20-10-11-21(31-20)23-22(17-5-3-4-12-27-17)28-24(32)29(23)18-6-1-2-7-19(18)30/h1-13,22-23,30H,(H,28,32). The van der Waals surface area contributed by atoms with Gasteiger partial charge in [-0.25, -0.2) is 0 Å². The monoisotopic (exact) mass is 481 g/mol. The predicted octanol–water partition coefficient (Wildman–Crippen LogP) is 6.53. The van der Waals surface area contributed by atoms with E-state index in [4.69, 9.17) is 39.8 Å². The Morgan fingerprint density at radius 3 is 2.53 bits per heavy atom. The Kier molecular flexibility index (Phi) is 5.51. The molecule has 5 rings (SSSR count). The van der Waals surface area contributed by atoms with Gasteiger partial charge in [-0.3, -0.25) is 4.98 Å². The summed E-state index contributed by atoms with van der Waals surface area (Å²) in [7, 11) is 0. The quantitative estimate of drug-likeness (QED) is 0.323. The minimum absolute atomic E-state index is 0.125. The summed E-state index contributed by atoms with van der Waals surface area (Å²) in [6.07, 6.45) is 1.74. The van der Waals surface area contributed by atoms with Crippen molar-refractivity contribution >= 4 is 46.2 Å². The molecule has 1 aliphatic rings. The van der Waals surface area contributed by atoms with Gasteiger partial charge >= 0.3 is 0 Å². The molecule has 5 nitrogen and oxygen atoms in total. The molecule has 2 aromatic heterocycles. The van der Waals surface area contributed by atoms with Crippen molar-refractivity contribution in [1.82, 2.24) is 10.3 Å². The van der Waals surface area contributed by atoms with Crippen LogP contribution < -0.4 is 10.2 Å². The van der Waals surface area contributed by atoms with Crippen molar-refractivity contribution in [2.45, 2.75) is 12.1 Å². The minimum atomic E-state index is -0.373. The van der Waals surface area contributed by atoms with Gasteiger partial charge in [0.2, 0.25) is 0 Å². The number of aromatic nitrogens is 1. The van der Waals surface area contributed by atoms with Crippen molar-refractivity contribution in [3.63, 3.8) is 0 Å². The van der Waals surface area contributed by atoms with E-state index in [0.717, 1.165) is 11.3 Å². The maximum Gasteiger partial charge on any atom is 0.174 e. The molecule has 2 aromatic carbocycles. The van der Waals surface area contributed by atoms with Crippen LogP contribution in [0, 0.1) is 0 Å². The molecule has 0 saturated carbocycles. The van der Waals surface area contributed by atoms with Crippen molar-refractivity contribution < 1.29 is 9.52 Å². The maximum atomic E-state index is 10.5. The fourth-order valence-corrected chi connectivity index (χ4v) is 4.52. The zero-order valence-corrected chi connectivity index (χ0v) is 18.9. The third-order valence-corrected chi connectivity index (χ3v) is 6.42. The van der Waals surface area contributed by atoms with E-state index in [1.54, 1.807) is 30.5 Å². The van der Waals surface area contributed by atoms with Gasteiger partial charge in [-0.2, -0.15) is 0 Å². The van der Waals surface area contributed by atoms with Crippen LogP contribution in [-0.4, -0.2) is 15.2 Å². The summed E-state index contributed by atoms with van der Waals surface area (Å²) in [5.41, 5.74) is 2.20. The van der Waals surface area contributed by atoms with Crippen LogP contribution in [0.2, 0.25) is 10.0 Å². The first-order valence-corrected chi connectivity index (χ1v) is 11.0. The van der Waals surface area contributed by atoms with Crippen LogP contribution in [0.15, 0.2) is 83.4 Å². The Morgan fingerprint density at radius 2 is 1.78 bits per heavy atom.